The van der Waals surface area contributed by atoms with Crippen LogP contribution in [0.15, 0.2) is 0 Å². The van der Waals surface area contributed by atoms with Gasteiger partial charge in [-0.2, -0.15) is 0 Å². The Balaban J connectivity index is 1.08. The minimum Gasteiger partial charge on any atom is -0.379 e. The maximum atomic E-state index is 5.66. The monoisotopic (exact) mass is 412 g/mol. The summed E-state index contributed by atoms with van der Waals surface area (Å²) in [6.45, 7) is 7.18. The van der Waals surface area contributed by atoms with Crippen LogP contribution in [0.3, 0.4) is 0 Å². The molecule has 1 spiro atoms. The van der Waals surface area contributed by atoms with Gasteiger partial charge in [-0.25, -0.2) is 0 Å². The lowest BCUT2D eigenvalue weighted by Crippen LogP contribution is -2.51. The van der Waals surface area contributed by atoms with E-state index in [2.05, 4.69) is 9.80 Å². The van der Waals surface area contributed by atoms with Crippen LogP contribution in [0.4, 0.5) is 0 Å². The lowest BCUT2D eigenvalue weighted by molar-refractivity contribution is -0.0616. The van der Waals surface area contributed by atoms with E-state index in [0.29, 0.717) is 0 Å². The number of piperidine rings is 1. The van der Waals surface area contributed by atoms with Crippen molar-refractivity contribution in [3.8, 4) is 0 Å². The number of likely N-dealkylation sites (tertiary alicyclic amines) is 1. The molecular formula is C27H44N2O. The van der Waals surface area contributed by atoms with E-state index in [1.165, 1.54) is 64.7 Å². The zero-order chi connectivity index (χ0) is 19.7. The Morgan fingerprint density at radius 3 is 2.37 bits per heavy atom. The van der Waals surface area contributed by atoms with Crippen LogP contribution in [0, 0.1) is 40.9 Å². The van der Waals surface area contributed by atoms with E-state index in [-0.39, 0.29) is 0 Å². The van der Waals surface area contributed by atoms with Crippen molar-refractivity contribution in [3.05, 3.63) is 0 Å². The van der Waals surface area contributed by atoms with Crippen molar-refractivity contribution in [1.82, 2.24) is 9.80 Å². The minimum absolute atomic E-state index is 0.828. The average molecular weight is 413 g/mol. The number of nitrogens with zero attached hydrogens (tertiary/aromatic N) is 2. The minimum atomic E-state index is 0.828. The molecule has 7 aliphatic rings. The van der Waals surface area contributed by atoms with Gasteiger partial charge >= 0.3 is 0 Å². The summed E-state index contributed by atoms with van der Waals surface area (Å²) < 4.78 is 5.66. The number of hydrogen-bond acceptors (Lipinski definition) is 3. The maximum absolute atomic E-state index is 5.66. The Morgan fingerprint density at radius 1 is 0.667 bits per heavy atom. The van der Waals surface area contributed by atoms with Crippen molar-refractivity contribution < 1.29 is 4.74 Å². The summed E-state index contributed by atoms with van der Waals surface area (Å²) in [5, 5.41) is 0. The number of ether oxygens (including phenoxy) is 1. The van der Waals surface area contributed by atoms with Gasteiger partial charge < -0.3 is 9.64 Å². The molecule has 168 valence electrons. The van der Waals surface area contributed by atoms with E-state index in [4.69, 9.17) is 4.74 Å². The number of rotatable bonds is 2. The van der Waals surface area contributed by atoms with Crippen LogP contribution in [0.25, 0.3) is 0 Å². The van der Waals surface area contributed by atoms with Crippen LogP contribution >= 0.6 is 0 Å². The van der Waals surface area contributed by atoms with E-state index < -0.39 is 0 Å². The normalized spacial score (nSPS) is 54.0. The molecule has 9 atom stereocenters. The molecule has 5 aliphatic carbocycles. The molecule has 0 aromatic heterocycles. The largest absolute Gasteiger partial charge is 0.379 e. The van der Waals surface area contributed by atoms with Crippen LogP contribution in [-0.2, 0) is 4.74 Å². The first-order chi connectivity index (χ1) is 14.8. The summed E-state index contributed by atoms with van der Waals surface area (Å²) in [4.78, 5) is 5.78. The van der Waals surface area contributed by atoms with Gasteiger partial charge in [-0.15, -0.1) is 0 Å². The topological polar surface area (TPSA) is 15.7 Å². The van der Waals surface area contributed by atoms with Gasteiger partial charge in [-0.05, 0) is 125 Å². The second-order valence-corrected chi connectivity index (χ2v) is 12.5. The zero-order valence-electron chi connectivity index (χ0n) is 19.1. The summed E-state index contributed by atoms with van der Waals surface area (Å²) in [5.41, 5.74) is 0.828. The van der Waals surface area contributed by atoms with E-state index in [1.807, 2.05) is 0 Å². The molecule has 0 amide bonds. The summed E-state index contributed by atoms with van der Waals surface area (Å²) in [5.74, 6) is 6.54. The maximum Gasteiger partial charge on any atom is 0.0594 e. The van der Waals surface area contributed by atoms with Crippen molar-refractivity contribution in [2.45, 2.75) is 89.1 Å². The third-order valence-electron chi connectivity index (χ3n) is 11.7. The standard InChI is InChI=1S/C27H44N2O/c1-2-10-29(11-3-1)26-17-24-22-7-5-19-4-6-20(28-12-14-30-15-13-28)16-23(19)21(22)8-9-27(24)18-25(26)27/h19-26H,1-18H2. The van der Waals surface area contributed by atoms with Crippen molar-refractivity contribution in [2.24, 2.45) is 40.9 Å². The molecule has 30 heavy (non-hydrogen) atoms. The summed E-state index contributed by atoms with van der Waals surface area (Å²) in [6, 6.07) is 1.86. The lowest BCUT2D eigenvalue weighted by atomic mass is 9.52. The van der Waals surface area contributed by atoms with Gasteiger partial charge in [0.25, 0.3) is 0 Å². The van der Waals surface area contributed by atoms with Gasteiger partial charge in [-0.1, -0.05) is 6.42 Å². The van der Waals surface area contributed by atoms with Crippen LogP contribution in [0.2, 0.25) is 0 Å². The molecule has 2 aliphatic heterocycles. The van der Waals surface area contributed by atoms with E-state index in [1.54, 1.807) is 38.5 Å². The quantitative estimate of drug-likeness (QED) is 0.648. The first kappa shape index (κ1) is 19.4. The molecule has 9 unspecified atom stereocenters. The third kappa shape index (κ3) is 2.93. The van der Waals surface area contributed by atoms with Gasteiger partial charge in [0.1, 0.15) is 0 Å². The van der Waals surface area contributed by atoms with Gasteiger partial charge in [0.05, 0.1) is 13.2 Å². The number of fused-ring (bicyclic) bond motifs is 4. The molecule has 2 heterocycles. The van der Waals surface area contributed by atoms with E-state index in [0.717, 1.165) is 66.2 Å². The number of hydrogen-bond donors (Lipinski definition) is 0. The zero-order valence-corrected chi connectivity index (χ0v) is 19.1. The molecule has 5 saturated carbocycles. The second-order valence-electron chi connectivity index (χ2n) is 12.5. The van der Waals surface area contributed by atoms with Crippen molar-refractivity contribution in [3.63, 3.8) is 0 Å². The predicted octanol–water partition coefficient (Wildman–Crippen LogP) is 4.80. The third-order valence-corrected chi connectivity index (χ3v) is 11.7. The van der Waals surface area contributed by atoms with Gasteiger partial charge in [0.15, 0.2) is 0 Å². The lowest BCUT2D eigenvalue weighted by Gasteiger charge is -2.55. The predicted molar refractivity (Wildman–Crippen MR) is 120 cm³/mol. The molecule has 0 N–H and O–H groups in total. The van der Waals surface area contributed by atoms with Crippen molar-refractivity contribution >= 4 is 0 Å². The van der Waals surface area contributed by atoms with Gasteiger partial charge in [0.2, 0.25) is 0 Å². The van der Waals surface area contributed by atoms with Crippen LogP contribution in [0.5, 0.6) is 0 Å². The van der Waals surface area contributed by atoms with Gasteiger partial charge in [-0.3, -0.25) is 4.90 Å². The fourth-order valence-corrected chi connectivity index (χ4v) is 10.4. The molecular weight excluding hydrogens is 368 g/mol. The molecule has 0 aromatic rings. The summed E-state index contributed by atoms with van der Waals surface area (Å²) in [7, 11) is 0. The fraction of sp³-hybridized carbons (Fsp3) is 1.00. The van der Waals surface area contributed by atoms with E-state index >= 15 is 0 Å². The number of morpholine rings is 1. The first-order valence-corrected chi connectivity index (χ1v) is 13.9. The SMILES string of the molecule is C1CCN(C2CC3C4CCC5CCC(N6CCOCC6)CC5C4CCC34CC24)CC1. The molecule has 0 aromatic carbocycles. The summed E-state index contributed by atoms with van der Waals surface area (Å²) >= 11 is 0. The van der Waals surface area contributed by atoms with Crippen LogP contribution in [0.1, 0.15) is 77.0 Å². The molecule has 3 nitrogen and oxygen atoms in total. The molecule has 7 rings (SSSR count). The fourth-order valence-electron chi connectivity index (χ4n) is 10.4. The highest BCUT2D eigenvalue weighted by Gasteiger charge is 2.71. The first-order valence-electron chi connectivity index (χ1n) is 13.9. The van der Waals surface area contributed by atoms with Crippen molar-refractivity contribution in [1.29, 1.82) is 0 Å². The van der Waals surface area contributed by atoms with Crippen LogP contribution < -0.4 is 0 Å². The Bertz CT molecular complexity index is 641. The van der Waals surface area contributed by atoms with Crippen LogP contribution in [-0.4, -0.2) is 61.3 Å². The van der Waals surface area contributed by atoms with Gasteiger partial charge in [0, 0.05) is 25.2 Å². The Labute approximate surface area is 184 Å². The molecule has 0 bridgehead atoms. The smallest absolute Gasteiger partial charge is 0.0594 e. The Hall–Kier alpha value is -0.120. The molecule has 0 radical (unpaired) electrons. The Morgan fingerprint density at radius 2 is 1.50 bits per heavy atom. The Kier molecular flexibility index (Phi) is 4.81. The second kappa shape index (κ2) is 7.45. The van der Waals surface area contributed by atoms with Crippen molar-refractivity contribution in [2.75, 3.05) is 39.4 Å². The summed E-state index contributed by atoms with van der Waals surface area (Å²) in [6.07, 6.45) is 18.6. The average Bonchev–Trinajstić information content (AvgIpc) is 3.43. The highest BCUT2D eigenvalue weighted by Crippen LogP contribution is 2.76. The highest BCUT2D eigenvalue weighted by atomic mass is 16.5. The molecule has 3 heteroatoms. The highest BCUT2D eigenvalue weighted by molar-refractivity contribution is 5.21. The molecule has 2 saturated heterocycles. The van der Waals surface area contributed by atoms with E-state index in [9.17, 15) is 0 Å². The molecule has 7 fully saturated rings.